The van der Waals surface area contributed by atoms with Gasteiger partial charge in [-0.2, -0.15) is 0 Å². The summed E-state index contributed by atoms with van der Waals surface area (Å²) in [5.41, 5.74) is 0.307. The zero-order valence-corrected chi connectivity index (χ0v) is 13.3. The van der Waals surface area contributed by atoms with Crippen molar-refractivity contribution in [2.45, 2.75) is 58.5 Å². The van der Waals surface area contributed by atoms with Crippen LogP contribution in [-0.2, 0) is 4.74 Å². The van der Waals surface area contributed by atoms with Gasteiger partial charge in [0.1, 0.15) is 0 Å². The van der Waals surface area contributed by atoms with Crippen LogP contribution in [0.15, 0.2) is 4.99 Å². The lowest BCUT2D eigenvalue weighted by Crippen LogP contribution is -2.47. The van der Waals surface area contributed by atoms with E-state index in [2.05, 4.69) is 36.4 Å². The molecule has 1 saturated carbocycles. The maximum Gasteiger partial charge on any atom is 0.191 e. The Bertz CT molecular complexity index is 294. The molecule has 1 rings (SSSR count). The van der Waals surface area contributed by atoms with Crippen molar-refractivity contribution in [3.63, 3.8) is 0 Å². The summed E-state index contributed by atoms with van der Waals surface area (Å²) in [5.74, 6) is 0.879. The smallest absolute Gasteiger partial charge is 0.191 e. The second-order valence-electron chi connectivity index (χ2n) is 6.30. The van der Waals surface area contributed by atoms with Crippen LogP contribution in [0.5, 0.6) is 0 Å². The SMILES string of the molecule is CCC1(CNC(=NC)NCC(C)(C)OC)CCCC1. The molecule has 0 heterocycles. The molecule has 0 aromatic carbocycles. The molecule has 4 heteroatoms. The number of nitrogens with one attached hydrogen (secondary N) is 2. The van der Waals surface area contributed by atoms with Crippen molar-refractivity contribution in [2.75, 3.05) is 27.2 Å². The van der Waals surface area contributed by atoms with E-state index in [0.29, 0.717) is 5.41 Å². The minimum atomic E-state index is -0.173. The first-order chi connectivity index (χ1) is 8.97. The molecule has 0 radical (unpaired) electrons. The van der Waals surface area contributed by atoms with Gasteiger partial charge in [-0.05, 0) is 38.5 Å². The third-order valence-electron chi connectivity index (χ3n) is 4.50. The lowest BCUT2D eigenvalue weighted by molar-refractivity contribution is 0.0268. The molecule has 0 aromatic rings. The van der Waals surface area contributed by atoms with E-state index < -0.39 is 0 Å². The van der Waals surface area contributed by atoms with Crippen molar-refractivity contribution in [3.8, 4) is 0 Å². The molecule has 2 N–H and O–H groups in total. The fraction of sp³-hybridized carbons (Fsp3) is 0.933. The van der Waals surface area contributed by atoms with Crippen LogP contribution in [0.3, 0.4) is 0 Å². The first-order valence-electron chi connectivity index (χ1n) is 7.47. The van der Waals surface area contributed by atoms with E-state index in [4.69, 9.17) is 4.74 Å². The van der Waals surface area contributed by atoms with Gasteiger partial charge in [0.2, 0.25) is 0 Å². The van der Waals surface area contributed by atoms with Crippen molar-refractivity contribution in [2.24, 2.45) is 10.4 Å². The molecule has 19 heavy (non-hydrogen) atoms. The molecule has 4 nitrogen and oxygen atoms in total. The largest absolute Gasteiger partial charge is 0.377 e. The highest BCUT2D eigenvalue weighted by Crippen LogP contribution is 2.40. The number of hydrogen-bond acceptors (Lipinski definition) is 2. The fourth-order valence-electron chi connectivity index (χ4n) is 2.64. The van der Waals surface area contributed by atoms with Gasteiger partial charge in [0.05, 0.1) is 5.60 Å². The van der Waals surface area contributed by atoms with Gasteiger partial charge in [0.25, 0.3) is 0 Å². The van der Waals surface area contributed by atoms with Crippen LogP contribution in [0.4, 0.5) is 0 Å². The van der Waals surface area contributed by atoms with Crippen LogP contribution in [-0.4, -0.2) is 38.8 Å². The monoisotopic (exact) mass is 269 g/mol. The van der Waals surface area contributed by atoms with E-state index in [0.717, 1.165) is 19.0 Å². The first kappa shape index (κ1) is 16.3. The summed E-state index contributed by atoms with van der Waals surface area (Å²) in [5, 5.41) is 6.82. The third kappa shape index (κ3) is 5.01. The van der Waals surface area contributed by atoms with Gasteiger partial charge in [0.15, 0.2) is 5.96 Å². The molecule has 1 aliphatic rings. The summed E-state index contributed by atoms with van der Waals surface area (Å²) in [4.78, 5) is 4.29. The molecule has 1 fully saturated rings. The molecule has 1 aliphatic carbocycles. The maximum absolute atomic E-state index is 5.41. The Morgan fingerprint density at radius 3 is 2.37 bits per heavy atom. The Morgan fingerprint density at radius 1 is 1.26 bits per heavy atom. The van der Waals surface area contributed by atoms with Gasteiger partial charge < -0.3 is 15.4 Å². The molecule has 0 spiro atoms. The van der Waals surface area contributed by atoms with Crippen molar-refractivity contribution >= 4 is 5.96 Å². The molecule has 0 amide bonds. The molecule has 0 bridgehead atoms. The third-order valence-corrected chi connectivity index (χ3v) is 4.50. The lowest BCUT2D eigenvalue weighted by atomic mass is 9.83. The second-order valence-corrected chi connectivity index (χ2v) is 6.30. The van der Waals surface area contributed by atoms with Gasteiger partial charge in [-0.25, -0.2) is 0 Å². The molecule has 0 saturated heterocycles. The van der Waals surface area contributed by atoms with E-state index in [1.54, 1.807) is 7.11 Å². The maximum atomic E-state index is 5.41. The zero-order valence-electron chi connectivity index (χ0n) is 13.3. The number of rotatable bonds is 6. The van der Waals surface area contributed by atoms with Crippen molar-refractivity contribution in [1.82, 2.24) is 10.6 Å². The number of hydrogen-bond donors (Lipinski definition) is 2. The summed E-state index contributed by atoms with van der Waals surface area (Å²) in [6.45, 7) is 8.21. The average Bonchev–Trinajstić information content (AvgIpc) is 2.88. The van der Waals surface area contributed by atoms with Crippen LogP contribution in [0, 0.1) is 5.41 Å². The predicted molar refractivity (Wildman–Crippen MR) is 81.6 cm³/mol. The minimum absolute atomic E-state index is 0.173. The standard InChI is InChI=1S/C15H31N3O/c1-6-15(9-7-8-10-15)12-18-13(16-4)17-11-14(2,3)19-5/h6-12H2,1-5H3,(H2,16,17,18). The van der Waals surface area contributed by atoms with Gasteiger partial charge in [0, 0.05) is 27.2 Å². The van der Waals surface area contributed by atoms with E-state index >= 15 is 0 Å². The number of methoxy groups -OCH3 is 1. The Kier molecular flexibility index (Phi) is 6.11. The highest BCUT2D eigenvalue weighted by molar-refractivity contribution is 5.79. The Balaban J connectivity index is 2.41. The van der Waals surface area contributed by atoms with Gasteiger partial charge >= 0.3 is 0 Å². The number of aliphatic imine (C=N–C) groups is 1. The molecular formula is C15H31N3O. The summed E-state index contributed by atoms with van der Waals surface area (Å²) >= 11 is 0. The van der Waals surface area contributed by atoms with E-state index in [-0.39, 0.29) is 5.60 Å². The predicted octanol–water partition coefficient (Wildman–Crippen LogP) is 2.55. The number of guanidine groups is 1. The Labute approximate surface area is 118 Å². The van der Waals surface area contributed by atoms with Crippen LogP contribution in [0.25, 0.3) is 0 Å². The van der Waals surface area contributed by atoms with Crippen LogP contribution >= 0.6 is 0 Å². The summed E-state index contributed by atoms with van der Waals surface area (Å²) < 4.78 is 5.41. The molecule has 112 valence electrons. The molecule has 0 aliphatic heterocycles. The topological polar surface area (TPSA) is 45.7 Å². The minimum Gasteiger partial charge on any atom is -0.377 e. The Hall–Kier alpha value is -0.770. The van der Waals surface area contributed by atoms with Crippen LogP contribution in [0.2, 0.25) is 0 Å². The van der Waals surface area contributed by atoms with Crippen molar-refractivity contribution < 1.29 is 4.74 Å². The van der Waals surface area contributed by atoms with E-state index in [1.165, 1.54) is 32.1 Å². The molecule has 0 unspecified atom stereocenters. The van der Waals surface area contributed by atoms with Crippen molar-refractivity contribution in [3.05, 3.63) is 0 Å². The first-order valence-corrected chi connectivity index (χ1v) is 7.47. The van der Waals surface area contributed by atoms with Gasteiger partial charge in [-0.1, -0.05) is 19.8 Å². The normalized spacial score (nSPS) is 19.5. The average molecular weight is 269 g/mol. The lowest BCUT2D eigenvalue weighted by Gasteiger charge is -2.30. The van der Waals surface area contributed by atoms with Crippen molar-refractivity contribution in [1.29, 1.82) is 0 Å². The zero-order chi connectivity index (χ0) is 14.4. The van der Waals surface area contributed by atoms with Crippen LogP contribution < -0.4 is 10.6 Å². The molecular weight excluding hydrogens is 238 g/mol. The number of nitrogens with zero attached hydrogens (tertiary/aromatic N) is 1. The highest BCUT2D eigenvalue weighted by atomic mass is 16.5. The van der Waals surface area contributed by atoms with E-state index in [1.807, 2.05) is 7.05 Å². The van der Waals surface area contributed by atoms with Crippen LogP contribution in [0.1, 0.15) is 52.9 Å². The van der Waals surface area contributed by atoms with Gasteiger partial charge in [-0.3, -0.25) is 4.99 Å². The molecule has 0 atom stereocenters. The second kappa shape index (κ2) is 7.13. The molecule has 0 aromatic heterocycles. The number of ether oxygens (including phenoxy) is 1. The summed E-state index contributed by atoms with van der Waals surface area (Å²) in [6.07, 6.45) is 6.69. The Morgan fingerprint density at radius 2 is 1.89 bits per heavy atom. The fourth-order valence-corrected chi connectivity index (χ4v) is 2.64. The summed E-state index contributed by atoms with van der Waals surface area (Å²) in [6, 6.07) is 0. The van der Waals surface area contributed by atoms with Gasteiger partial charge in [-0.15, -0.1) is 0 Å². The highest BCUT2D eigenvalue weighted by Gasteiger charge is 2.32. The summed E-state index contributed by atoms with van der Waals surface area (Å²) in [7, 11) is 3.56. The quantitative estimate of drug-likeness (QED) is 0.575. The van der Waals surface area contributed by atoms with E-state index in [9.17, 15) is 0 Å².